The summed E-state index contributed by atoms with van der Waals surface area (Å²) >= 11 is 0. The van der Waals surface area contributed by atoms with Crippen molar-refractivity contribution in [3.63, 3.8) is 0 Å². The molecule has 1 aliphatic heterocycles. The van der Waals surface area contributed by atoms with Crippen LogP contribution in [0.4, 0.5) is 5.69 Å². The summed E-state index contributed by atoms with van der Waals surface area (Å²) in [5, 5.41) is 0. The zero-order valence-corrected chi connectivity index (χ0v) is 16.7. The Bertz CT molecular complexity index is 770. The van der Waals surface area contributed by atoms with E-state index in [0.717, 1.165) is 37.2 Å². The molecule has 3 rings (SSSR count). The third-order valence-corrected chi connectivity index (χ3v) is 6.81. The number of fused-ring (bicyclic) bond motifs is 1. The molecular formula is C19H29N3O3S. The van der Waals surface area contributed by atoms with E-state index in [0.29, 0.717) is 19.5 Å². The van der Waals surface area contributed by atoms with Gasteiger partial charge in [0.05, 0.1) is 4.90 Å². The Labute approximate surface area is 156 Å². The second-order valence-electron chi connectivity index (χ2n) is 7.25. The summed E-state index contributed by atoms with van der Waals surface area (Å²) in [5.74, 6) is 0.345. The standard InChI is InChI=1S/C19H29N3O3S/c1-4-21(5-2)11-10-20-26(24,25)17-8-9-18-16(13-17)12-14(3)22(18)19(23)15-6-7-15/h8-9,13-15,20H,4-7,10-12H2,1-3H3/t14-/m0/s1. The van der Waals surface area contributed by atoms with Crippen LogP contribution < -0.4 is 9.62 Å². The molecule has 1 aliphatic carbocycles. The van der Waals surface area contributed by atoms with Gasteiger partial charge in [0.25, 0.3) is 0 Å². The topological polar surface area (TPSA) is 69.7 Å². The molecule has 2 aliphatic rings. The van der Waals surface area contributed by atoms with Crippen LogP contribution in [0.1, 0.15) is 39.2 Å². The molecule has 0 radical (unpaired) electrons. The third kappa shape index (κ3) is 3.94. The van der Waals surface area contributed by atoms with Gasteiger partial charge in [-0.3, -0.25) is 4.79 Å². The number of sulfonamides is 1. The third-order valence-electron chi connectivity index (χ3n) is 5.36. The Morgan fingerprint density at radius 3 is 2.58 bits per heavy atom. The second kappa shape index (κ2) is 7.66. The zero-order chi connectivity index (χ0) is 18.9. The zero-order valence-electron chi connectivity index (χ0n) is 15.9. The van der Waals surface area contributed by atoms with Crippen LogP contribution in [0, 0.1) is 5.92 Å². The lowest BCUT2D eigenvalue weighted by Crippen LogP contribution is -2.36. The van der Waals surface area contributed by atoms with Crippen molar-refractivity contribution in [2.24, 2.45) is 5.92 Å². The van der Waals surface area contributed by atoms with Crippen LogP contribution in [-0.2, 0) is 21.2 Å². The average Bonchev–Trinajstić information content (AvgIpc) is 3.40. The Kier molecular flexibility index (Phi) is 5.69. The molecule has 1 fully saturated rings. The maximum absolute atomic E-state index is 12.6. The van der Waals surface area contributed by atoms with Crippen LogP contribution in [0.25, 0.3) is 0 Å². The van der Waals surface area contributed by atoms with Gasteiger partial charge in [-0.2, -0.15) is 0 Å². The highest BCUT2D eigenvalue weighted by Gasteiger charge is 2.39. The van der Waals surface area contributed by atoms with Gasteiger partial charge >= 0.3 is 0 Å². The minimum atomic E-state index is -3.53. The molecule has 0 spiro atoms. The number of nitrogens with one attached hydrogen (secondary N) is 1. The minimum Gasteiger partial charge on any atom is -0.309 e. The van der Waals surface area contributed by atoms with Gasteiger partial charge in [0.15, 0.2) is 0 Å². The van der Waals surface area contributed by atoms with Crippen LogP contribution in [-0.4, -0.2) is 51.4 Å². The molecule has 0 unspecified atom stereocenters. The molecule has 0 bridgehead atoms. The van der Waals surface area contributed by atoms with E-state index >= 15 is 0 Å². The lowest BCUT2D eigenvalue weighted by Gasteiger charge is -2.22. The smallest absolute Gasteiger partial charge is 0.240 e. The quantitative estimate of drug-likeness (QED) is 0.750. The number of anilines is 1. The molecule has 26 heavy (non-hydrogen) atoms. The predicted molar refractivity (Wildman–Crippen MR) is 103 cm³/mol. The molecule has 1 aromatic carbocycles. The lowest BCUT2D eigenvalue weighted by molar-refractivity contribution is -0.120. The molecule has 1 atom stereocenters. The van der Waals surface area contributed by atoms with Crippen molar-refractivity contribution in [2.75, 3.05) is 31.1 Å². The van der Waals surface area contributed by atoms with Crippen molar-refractivity contribution in [2.45, 2.75) is 51.0 Å². The van der Waals surface area contributed by atoms with Gasteiger partial charge in [-0.1, -0.05) is 13.8 Å². The molecule has 0 aromatic heterocycles. The van der Waals surface area contributed by atoms with Crippen molar-refractivity contribution in [3.8, 4) is 0 Å². The van der Waals surface area contributed by atoms with Crippen molar-refractivity contribution in [1.82, 2.24) is 9.62 Å². The number of likely N-dealkylation sites (N-methyl/N-ethyl adjacent to an activating group) is 1. The van der Waals surface area contributed by atoms with Gasteiger partial charge in [-0.25, -0.2) is 13.1 Å². The van der Waals surface area contributed by atoms with Crippen molar-refractivity contribution in [1.29, 1.82) is 0 Å². The first kappa shape index (κ1) is 19.3. The second-order valence-corrected chi connectivity index (χ2v) is 9.02. The molecule has 144 valence electrons. The lowest BCUT2D eigenvalue weighted by atomic mass is 10.1. The highest BCUT2D eigenvalue weighted by Crippen LogP contribution is 2.39. The van der Waals surface area contributed by atoms with E-state index in [9.17, 15) is 13.2 Å². The fourth-order valence-corrected chi connectivity index (χ4v) is 4.67. The van der Waals surface area contributed by atoms with Gasteiger partial charge in [0, 0.05) is 30.7 Å². The van der Waals surface area contributed by atoms with Gasteiger partial charge in [-0.05, 0) is 63.0 Å². The SMILES string of the molecule is CCN(CC)CCNS(=O)(=O)c1ccc2c(c1)C[C@H](C)N2C(=O)C1CC1. The van der Waals surface area contributed by atoms with E-state index in [2.05, 4.69) is 23.5 Å². The molecule has 1 amide bonds. The van der Waals surface area contributed by atoms with Crippen molar-refractivity contribution in [3.05, 3.63) is 23.8 Å². The van der Waals surface area contributed by atoms with Gasteiger partial charge in [-0.15, -0.1) is 0 Å². The number of carbonyl (C=O) groups is 1. The van der Waals surface area contributed by atoms with Crippen LogP contribution in [0.5, 0.6) is 0 Å². The van der Waals surface area contributed by atoms with E-state index in [-0.39, 0.29) is 22.8 Å². The molecule has 7 heteroatoms. The summed E-state index contributed by atoms with van der Waals surface area (Å²) in [7, 11) is -3.53. The monoisotopic (exact) mass is 379 g/mol. The summed E-state index contributed by atoms with van der Waals surface area (Å²) in [4.78, 5) is 16.8. The Hall–Kier alpha value is -1.44. The van der Waals surface area contributed by atoms with Crippen molar-refractivity contribution < 1.29 is 13.2 Å². The highest BCUT2D eigenvalue weighted by molar-refractivity contribution is 7.89. The molecule has 1 aromatic rings. The Morgan fingerprint density at radius 2 is 1.96 bits per heavy atom. The number of hydrogen-bond acceptors (Lipinski definition) is 4. The largest absolute Gasteiger partial charge is 0.309 e. The molecule has 1 heterocycles. The first-order valence-electron chi connectivity index (χ1n) is 9.55. The molecule has 1 N–H and O–H groups in total. The molecule has 6 nitrogen and oxygen atoms in total. The van der Waals surface area contributed by atoms with Gasteiger partial charge < -0.3 is 9.80 Å². The summed E-state index contributed by atoms with van der Waals surface area (Å²) < 4.78 is 27.9. The summed E-state index contributed by atoms with van der Waals surface area (Å²) in [6, 6.07) is 5.22. The highest BCUT2D eigenvalue weighted by atomic mass is 32.2. The summed E-state index contributed by atoms with van der Waals surface area (Å²) in [5.41, 5.74) is 1.81. The molecular weight excluding hydrogens is 350 g/mol. The van der Waals surface area contributed by atoms with E-state index < -0.39 is 10.0 Å². The van der Waals surface area contributed by atoms with Crippen LogP contribution in [0.3, 0.4) is 0 Å². The summed E-state index contributed by atoms with van der Waals surface area (Å²) in [6.07, 6.45) is 2.65. The number of amides is 1. The number of rotatable bonds is 8. The van der Waals surface area contributed by atoms with E-state index in [1.54, 1.807) is 18.2 Å². The number of nitrogens with zero attached hydrogens (tertiary/aromatic N) is 2. The van der Waals surface area contributed by atoms with Crippen LogP contribution in [0.15, 0.2) is 23.1 Å². The number of benzene rings is 1. The van der Waals surface area contributed by atoms with E-state index in [1.807, 2.05) is 11.8 Å². The maximum Gasteiger partial charge on any atom is 0.240 e. The van der Waals surface area contributed by atoms with E-state index in [1.165, 1.54) is 0 Å². The van der Waals surface area contributed by atoms with E-state index in [4.69, 9.17) is 0 Å². The molecule has 0 saturated heterocycles. The number of hydrogen-bond donors (Lipinski definition) is 1. The molecule has 1 saturated carbocycles. The average molecular weight is 380 g/mol. The van der Waals surface area contributed by atoms with Crippen LogP contribution in [0.2, 0.25) is 0 Å². The first-order valence-corrected chi connectivity index (χ1v) is 11.0. The Morgan fingerprint density at radius 1 is 1.27 bits per heavy atom. The Balaban J connectivity index is 1.72. The maximum atomic E-state index is 12.6. The fourth-order valence-electron chi connectivity index (χ4n) is 3.60. The number of carbonyl (C=O) groups excluding carboxylic acids is 1. The predicted octanol–water partition coefficient (Wildman–Crippen LogP) is 1.99. The van der Waals surface area contributed by atoms with Gasteiger partial charge in [0.1, 0.15) is 0 Å². The normalized spacial score (nSPS) is 19.8. The minimum absolute atomic E-state index is 0.0895. The van der Waals surface area contributed by atoms with Crippen LogP contribution >= 0.6 is 0 Å². The van der Waals surface area contributed by atoms with Crippen molar-refractivity contribution >= 4 is 21.6 Å². The summed E-state index contributed by atoms with van der Waals surface area (Å²) in [6.45, 7) is 9.04. The fraction of sp³-hybridized carbons (Fsp3) is 0.632. The van der Waals surface area contributed by atoms with Gasteiger partial charge in [0.2, 0.25) is 15.9 Å². The first-order chi connectivity index (χ1) is 12.4.